The summed E-state index contributed by atoms with van der Waals surface area (Å²) in [6.45, 7) is 1.97. The Bertz CT molecular complexity index is 1000. The Balaban J connectivity index is 1.79. The van der Waals surface area contributed by atoms with Gasteiger partial charge in [0.1, 0.15) is 0 Å². The van der Waals surface area contributed by atoms with E-state index >= 15 is 0 Å². The average Bonchev–Trinajstić information content (AvgIpc) is 3.32. The van der Waals surface area contributed by atoms with Crippen LogP contribution >= 0.6 is 35.0 Å². The van der Waals surface area contributed by atoms with Crippen LogP contribution in [0.1, 0.15) is 13.3 Å². The van der Waals surface area contributed by atoms with E-state index in [1.165, 1.54) is 18.0 Å². The number of hydrogen-bond acceptors (Lipinski definition) is 6. The van der Waals surface area contributed by atoms with Crippen LogP contribution in [0.4, 0.5) is 5.69 Å². The smallest absolute Gasteiger partial charge is 0.237 e. The van der Waals surface area contributed by atoms with Crippen molar-refractivity contribution >= 4 is 52.5 Å². The number of nitrogens with one attached hydrogen (secondary N) is 1. The molecule has 0 bridgehead atoms. The van der Waals surface area contributed by atoms with E-state index in [2.05, 4.69) is 15.5 Å². The summed E-state index contributed by atoms with van der Waals surface area (Å²) in [4.78, 5) is 23.9. The molecule has 0 radical (unpaired) electrons. The van der Waals surface area contributed by atoms with Gasteiger partial charge in [0.2, 0.25) is 11.8 Å². The van der Waals surface area contributed by atoms with Gasteiger partial charge in [0.25, 0.3) is 0 Å². The monoisotopic (exact) mass is 453 g/mol. The second-order valence-electron chi connectivity index (χ2n) is 6.00. The maximum Gasteiger partial charge on any atom is 0.237 e. The van der Waals surface area contributed by atoms with Gasteiger partial charge < -0.3 is 15.5 Å². The molecule has 11 heteroatoms. The molecule has 152 valence electrons. The number of nitrogens with two attached hydrogens (primary N) is 1. The first-order chi connectivity index (χ1) is 13.9. The number of primary amides is 1. The number of thioether (sulfide) groups is 1. The lowest BCUT2D eigenvalue weighted by Crippen LogP contribution is -2.23. The Morgan fingerprint density at radius 2 is 1.97 bits per heavy atom. The normalized spacial score (nSPS) is 12.0. The summed E-state index contributed by atoms with van der Waals surface area (Å²) >= 11 is 13.4. The Labute approximate surface area is 180 Å². The zero-order chi connectivity index (χ0) is 21.0. The SMILES string of the molecule is CC(Sc1nnc(-c2ccco2)n1CCC(N)=O)C(=O)Nc1c(Cl)cccc1Cl. The number of carbonyl (C=O) groups excluding carboxylic acids is 2. The number of rotatable bonds is 8. The molecular weight excluding hydrogens is 437 g/mol. The molecule has 8 nitrogen and oxygen atoms in total. The highest BCUT2D eigenvalue weighted by molar-refractivity contribution is 8.00. The lowest BCUT2D eigenvalue weighted by molar-refractivity contribution is -0.118. The minimum atomic E-state index is -0.552. The van der Waals surface area contributed by atoms with Gasteiger partial charge in [0.15, 0.2) is 16.7 Å². The number of aromatic nitrogens is 3. The van der Waals surface area contributed by atoms with Gasteiger partial charge in [-0.2, -0.15) is 0 Å². The van der Waals surface area contributed by atoms with Gasteiger partial charge in [0, 0.05) is 13.0 Å². The third-order valence-electron chi connectivity index (χ3n) is 3.90. The maximum absolute atomic E-state index is 12.6. The summed E-state index contributed by atoms with van der Waals surface area (Å²) in [5.74, 6) is 0.169. The van der Waals surface area contributed by atoms with Gasteiger partial charge in [-0.1, -0.05) is 41.0 Å². The van der Waals surface area contributed by atoms with Gasteiger partial charge in [-0.25, -0.2) is 0 Å². The average molecular weight is 454 g/mol. The van der Waals surface area contributed by atoms with Crippen LogP contribution in [0.3, 0.4) is 0 Å². The first-order valence-electron chi connectivity index (χ1n) is 8.53. The zero-order valence-corrected chi connectivity index (χ0v) is 17.6. The molecular formula is C18H17Cl2N5O3S. The van der Waals surface area contributed by atoms with Crippen molar-refractivity contribution in [3.05, 3.63) is 46.6 Å². The summed E-state index contributed by atoms with van der Waals surface area (Å²) in [6, 6.07) is 8.41. The molecule has 2 aromatic heterocycles. The second-order valence-corrected chi connectivity index (χ2v) is 8.12. The van der Waals surface area contributed by atoms with Crippen LogP contribution in [0.5, 0.6) is 0 Å². The van der Waals surface area contributed by atoms with Crippen LogP contribution in [0.15, 0.2) is 46.2 Å². The molecule has 0 saturated carbocycles. The largest absolute Gasteiger partial charge is 0.461 e. The molecule has 2 amide bonds. The van der Waals surface area contributed by atoms with E-state index in [9.17, 15) is 9.59 Å². The fourth-order valence-corrected chi connectivity index (χ4v) is 3.81. The number of nitrogens with zero attached hydrogens (tertiary/aromatic N) is 3. The Morgan fingerprint density at radius 1 is 1.24 bits per heavy atom. The first-order valence-corrected chi connectivity index (χ1v) is 10.2. The molecule has 3 rings (SSSR count). The highest BCUT2D eigenvalue weighted by atomic mass is 35.5. The zero-order valence-electron chi connectivity index (χ0n) is 15.3. The molecule has 0 aliphatic heterocycles. The quantitative estimate of drug-likeness (QED) is 0.500. The van der Waals surface area contributed by atoms with Crippen LogP contribution < -0.4 is 11.1 Å². The summed E-state index contributed by atoms with van der Waals surface area (Å²) in [5, 5.41) is 11.6. The number of amides is 2. The minimum absolute atomic E-state index is 0.0924. The van der Waals surface area contributed by atoms with Crippen LogP contribution in [-0.2, 0) is 16.1 Å². The molecule has 29 heavy (non-hydrogen) atoms. The Morgan fingerprint density at radius 3 is 2.59 bits per heavy atom. The van der Waals surface area contributed by atoms with Crippen molar-refractivity contribution in [3.63, 3.8) is 0 Å². The number of hydrogen-bond donors (Lipinski definition) is 2. The van der Waals surface area contributed by atoms with E-state index in [-0.39, 0.29) is 18.9 Å². The Hall–Kier alpha value is -2.49. The standard InChI is InChI=1S/C18H17Cl2N5O3S/c1-10(17(27)22-15-11(19)4-2-5-12(15)20)29-18-24-23-16(13-6-3-9-28-13)25(18)8-7-14(21)26/h2-6,9-10H,7-8H2,1H3,(H2,21,26)(H,22,27). The summed E-state index contributed by atoms with van der Waals surface area (Å²) in [7, 11) is 0. The van der Waals surface area contributed by atoms with Gasteiger partial charge in [-0.15, -0.1) is 10.2 Å². The molecule has 1 atom stereocenters. The fraction of sp³-hybridized carbons (Fsp3) is 0.222. The highest BCUT2D eigenvalue weighted by Crippen LogP contribution is 2.32. The van der Waals surface area contributed by atoms with E-state index in [1.807, 2.05) is 0 Å². The van der Waals surface area contributed by atoms with Gasteiger partial charge >= 0.3 is 0 Å². The maximum atomic E-state index is 12.6. The first kappa shape index (κ1) is 21.2. The molecule has 2 heterocycles. The highest BCUT2D eigenvalue weighted by Gasteiger charge is 2.23. The number of benzene rings is 1. The van der Waals surface area contributed by atoms with Crippen molar-refractivity contribution < 1.29 is 14.0 Å². The fourth-order valence-electron chi connectivity index (χ4n) is 2.44. The van der Waals surface area contributed by atoms with Crippen LogP contribution in [0, 0.1) is 0 Å². The summed E-state index contributed by atoms with van der Waals surface area (Å²) in [5.41, 5.74) is 5.63. The molecule has 3 N–H and O–H groups in total. The molecule has 1 aromatic carbocycles. The molecule has 1 unspecified atom stereocenters. The Kier molecular flexibility index (Phi) is 6.83. The van der Waals surface area contributed by atoms with Crippen molar-refractivity contribution in [2.24, 2.45) is 5.73 Å². The molecule has 0 aliphatic carbocycles. The number of carbonyl (C=O) groups is 2. The van der Waals surface area contributed by atoms with Crippen LogP contribution in [-0.4, -0.2) is 31.8 Å². The predicted octanol–water partition coefficient (Wildman–Crippen LogP) is 3.84. The number of furan rings is 1. The molecule has 0 fully saturated rings. The van der Waals surface area contributed by atoms with E-state index in [0.29, 0.717) is 32.5 Å². The van der Waals surface area contributed by atoms with Crippen LogP contribution in [0.2, 0.25) is 10.0 Å². The summed E-state index contributed by atoms with van der Waals surface area (Å²) < 4.78 is 7.08. The number of halogens is 2. The van der Waals surface area contributed by atoms with E-state index in [1.54, 1.807) is 41.8 Å². The summed E-state index contributed by atoms with van der Waals surface area (Å²) in [6.07, 6.45) is 1.60. The van der Waals surface area contributed by atoms with Crippen molar-refractivity contribution in [2.45, 2.75) is 30.3 Å². The van der Waals surface area contributed by atoms with E-state index in [4.69, 9.17) is 33.4 Å². The lowest BCUT2D eigenvalue weighted by Gasteiger charge is -2.14. The van der Waals surface area contributed by atoms with Crippen LogP contribution in [0.25, 0.3) is 11.6 Å². The topological polar surface area (TPSA) is 116 Å². The van der Waals surface area contributed by atoms with Crippen molar-refractivity contribution in [1.29, 1.82) is 0 Å². The van der Waals surface area contributed by atoms with Gasteiger partial charge in [-0.3, -0.25) is 14.2 Å². The minimum Gasteiger partial charge on any atom is -0.461 e. The number of para-hydroxylation sites is 1. The van der Waals surface area contributed by atoms with Gasteiger partial charge in [0.05, 0.1) is 27.2 Å². The number of anilines is 1. The molecule has 0 spiro atoms. The van der Waals surface area contributed by atoms with Crippen molar-refractivity contribution in [1.82, 2.24) is 14.8 Å². The van der Waals surface area contributed by atoms with Gasteiger partial charge in [-0.05, 0) is 31.2 Å². The lowest BCUT2D eigenvalue weighted by atomic mass is 10.3. The predicted molar refractivity (Wildman–Crippen MR) is 112 cm³/mol. The molecule has 0 saturated heterocycles. The molecule has 3 aromatic rings. The second kappa shape index (κ2) is 9.34. The van der Waals surface area contributed by atoms with E-state index in [0.717, 1.165) is 0 Å². The third-order valence-corrected chi connectivity index (χ3v) is 5.61. The van der Waals surface area contributed by atoms with E-state index < -0.39 is 11.2 Å². The third kappa shape index (κ3) is 5.11. The molecule has 0 aliphatic rings. The van der Waals surface area contributed by atoms with Crippen molar-refractivity contribution in [2.75, 3.05) is 5.32 Å². The van der Waals surface area contributed by atoms with Crippen molar-refractivity contribution in [3.8, 4) is 11.6 Å².